The van der Waals surface area contributed by atoms with Crippen LogP contribution in [0.15, 0.2) is 16.6 Å². The highest BCUT2D eigenvalue weighted by atomic mass is 16.3. The molecule has 0 aromatic heterocycles. The number of aliphatic hydroxyl groups excluding tert-OH is 1. The maximum absolute atomic E-state index is 9.25. The molecular formula is C7H13N3O. The molecule has 4 heteroatoms. The highest BCUT2D eigenvalue weighted by Gasteiger charge is 2.16. The fourth-order valence-corrected chi connectivity index (χ4v) is 0.880. The van der Waals surface area contributed by atoms with Gasteiger partial charge in [-0.05, 0) is 6.42 Å². The van der Waals surface area contributed by atoms with E-state index in [0.717, 1.165) is 6.42 Å². The Bertz CT molecular complexity index is 198. The Balaban J connectivity index is 2.67. The van der Waals surface area contributed by atoms with Crippen LogP contribution in [0.5, 0.6) is 0 Å². The second kappa shape index (κ2) is 3.39. The van der Waals surface area contributed by atoms with Gasteiger partial charge in [0.15, 0.2) is 11.6 Å². The normalized spacial score (nSPS) is 18.9. The zero-order valence-corrected chi connectivity index (χ0v) is 6.83. The first-order valence-corrected chi connectivity index (χ1v) is 3.67. The maximum Gasteiger partial charge on any atom is 0.181 e. The smallest absolute Gasteiger partial charge is 0.181 e. The topological polar surface area (TPSA) is 47.9 Å². The number of hydrogen-bond acceptors (Lipinski definition) is 4. The Kier molecular flexibility index (Phi) is 2.48. The summed E-state index contributed by atoms with van der Waals surface area (Å²) in [5.74, 6) is 0.920. The third-order valence-corrected chi connectivity index (χ3v) is 1.46. The van der Waals surface area contributed by atoms with Crippen LogP contribution in [-0.2, 0) is 0 Å². The first-order valence-electron chi connectivity index (χ1n) is 3.67. The average Bonchev–Trinajstić information content (AvgIpc) is 2.29. The van der Waals surface area contributed by atoms with E-state index < -0.39 is 0 Å². The zero-order valence-electron chi connectivity index (χ0n) is 6.83. The van der Waals surface area contributed by atoms with Gasteiger partial charge in [-0.15, -0.1) is 0 Å². The number of hydrogen-bond donors (Lipinski definition) is 2. The molecule has 0 fully saturated rings. The van der Waals surface area contributed by atoms with Crippen molar-refractivity contribution in [3.05, 3.63) is 11.6 Å². The lowest BCUT2D eigenvalue weighted by Crippen LogP contribution is -2.26. The number of aliphatic imine (C=N–C) groups is 1. The van der Waals surface area contributed by atoms with Crippen molar-refractivity contribution in [2.24, 2.45) is 4.99 Å². The van der Waals surface area contributed by atoms with Crippen LogP contribution < -0.4 is 5.43 Å². The van der Waals surface area contributed by atoms with Crippen LogP contribution in [0.3, 0.4) is 0 Å². The Morgan fingerprint density at radius 3 is 3.00 bits per heavy atom. The van der Waals surface area contributed by atoms with Crippen molar-refractivity contribution in [2.75, 3.05) is 13.6 Å². The lowest BCUT2D eigenvalue weighted by Gasteiger charge is -2.10. The van der Waals surface area contributed by atoms with Gasteiger partial charge in [0.05, 0.1) is 6.54 Å². The van der Waals surface area contributed by atoms with E-state index in [9.17, 15) is 5.11 Å². The summed E-state index contributed by atoms with van der Waals surface area (Å²) in [6.45, 7) is 2.48. The molecular weight excluding hydrogens is 142 g/mol. The molecule has 1 aliphatic heterocycles. The molecule has 0 saturated heterocycles. The molecule has 0 atom stereocenters. The van der Waals surface area contributed by atoms with E-state index in [2.05, 4.69) is 10.4 Å². The van der Waals surface area contributed by atoms with E-state index in [1.54, 1.807) is 11.2 Å². The molecule has 0 aliphatic carbocycles. The number of nitrogens with zero attached hydrogens (tertiary/aromatic N) is 2. The van der Waals surface area contributed by atoms with Crippen molar-refractivity contribution in [3.8, 4) is 0 Å². The molecule has 0 unspecified atom stereocenters. The minimum Gasteiger partial charge on any atom is -0.507 e. The first-order chi connectivity index (χ1) is 5.25. The zero-order chi connectivity index (χ0) is 8.27. The predicted octanol–water partition coefficient (Wildman–Crippen LogP) is 0.644. The molecule has 62 valence electrons. The van der Waals surface area contributed by atoms with Gasteiger partial charge in [-0.2, -0.15) is 0 Å². The summed E-state index contributed by atoms with van der Waals surface area (Å²) in [4.78, 5) is 4.07. The van der Waals surface area contributed by atoms with Crippen LogP contribution in [0.4, 0.5) is 0 Å². The highest BCUT2D eigenvalue weighted by molar-refractivity contribution is 5.58. The fourth-order valence-electron chi connectivity index (χ4n) is 0.880. The van der Waals surface area contributed by atoms with Gasteiger partial charge < -0.3 is 5.11 Å². The molecule has 2 N–H and O–H groups in total. The summed E-state index contributed by atoms with van der Waals surface area (Å²) in [6.07, 6.45) is 2.65. The summed E-state index contributed by atoms with van der Waals surface area (Å²) >= 11 is 0. The monoisotopic (exact) mass is 155 g/mol. The van der Waals surface area contributed by atoms with E-state index in [4.69, 9.17) is 0 Å². The molecule has 11 heavy (non-hydrogen) atoms. The van der Waals surface area contributed by atoms with Gasteiger partial charge in [0.1, 0.15) is 0 Å². The molecule has 0 saturated carbocycles. The summed E-state index contributed by atoms with van der Waals surface area (Å²) in [5.41, 5.74) is 2.92. The van der Waals surface area contributed by atoms with Gasteiger partial charge in [0.25, 0.3) is 0 Å². The Morgan fingerprint density at radius 2 is 2.55 bits per heavy atom. The van der Waals surface area contributed by atoms with Crippen LogP contribution in [0.2, 0.25) is 0 Å². The van der Waals surface area contributed by atoms with Crippen molar-refractivity contribution in [1.82, 2.24) is 10.4 Å². The number of rotatable bonds is 2. The summed E-state index contributed by atoms with van der Waals surface area (Å²) in [7, 11) is 1.82. The van der Waals surface area contributed by atoms with Gasteiger partial charge in [0.2, 0.25) is 0 Å². The fraction of sp³-hybridized carbons (Fsp3) is 0.571. The predicted molar refractivity (Wildman–Crippen MR) is 44.2 cm³/mol. The van der Waals surface area contributed by atoms with Gasteiger partial charge in [0, 0.05) is 13.3 Å². The number of hydrazine groups is 1. The van der Waals surface area contributed by atoms with Crippen molar-refractivity contribution in [1.29, 1.82) is 0 Å². The maximum atomic E-state index is 9.25. The number of nitrogens with one attached hydrogen (secondary N) is 1. The number of aliphatic hydroxyl groups is 1. The quantitative estimate of drug-likeness (QED) is 0.575. The van der Waals surface area contributed by atoms with Crippen LogP contribution >= 0.6 is 0 Å². The van der Waals surface area contributed by atoms with Gasteiger partial charge in [-0.3, -0.25) is 5.01 Å². The molecule has 4 nitrogen and oxygen atoms in total. The molecule has 1 heterocycles. The van der Waals surface area contributed by atoms with Crippen molar-refractivity contribution < 1.29 is 5.11 Å². The van der Waals surface area contributed by atoms with Crippen molar-refractivity contribution >= 4 is 6.21 Å². The van der Waals surface area contributed by atoms with E-state index in [1.807, 2.05) is 14.0 Å². The van der Waals surface area contributed by atoms with Gasteiger partial charge in [-0.25, -0.2) is 10.4 Å². The Hall–Kier alpha value is -1.03. The van der Waals surface area contributed by atoms with Crippen LogP contribution in [-0.4, -0.2) is 29.9 Å². The Labute approximate surface area is 66.2 Å². The standard InChI is InChI=1S/C7H13N3O/c1-3-4-8-7-6(11)5-9-10(7)2/h4,9,11H,3,5H2,1-2H3/b8-4-. The molecule has 0 spiro atoms. The molecule has 0 bridgehead atoms. The van der Waals surface area contributed by atoms with E-state index in [1.165, 1.54) is 0 Å². The molecule has 0 amide bonds. The van der Waals surface area contributed by atoms with Crippen molar-refractivity contribution in [3.63, 3.8) is 0 Å². The molecule has 0 aromatic rings. The molecule has 1 rings (SSSR count). The molecule has 1 aliphatic rings. The molecule has 0 aromatic carbocycles. The van der Waals surface area contributed by atoms with Gasteiger partial charge in [-0.1, -0.05) is 6.92 Å². The summed E-state index contributed by atoms with van der Waals surface area (Å²) in [5, 5.41) is 11.0. The third kappa shape index (κ3) is 1.71. The van der Waals surface area contributed by atoms with E-state index >= 15 is 0 Å². The second-order valence-electron chi connectivity index (χ2n) is 2.38. The SMILES string of the molecule is CC/C=N\C1=C(O)CNN1C. The lowest BCUT2D eigenvalue weighted by atomic mass is 10.5. The minimum atomic E-state index is 0.303. The average molecular weight is 155 g/mol. The molecule has 0 radical (unpaired) electrons. The summed E-state index contributed by atoms with van der Waals surface area (Å²) in [6, 6.07) is 0. The van der Waals surface area contributed by atoms with Gasteiger partial charge >= 0.3 is 0 Å². The summed E-state index contributed by atoms with van der Waals surface area (Å²) < 4.78 is 0. The van der Waals surface area contributed by atoms with Crippen molar-refractivity contribution in [2.45, 2.75) is 13.3 Å². The highest BCUT2D eigenvalue weighted by Crippen LogP contribution is 2.10. The van der Waals surface area contributed by atoms with E-state index in [0.29, 0.717) is 18.1 Å². The van der Waals surface area contributed by atoms with Crippen LogP contribution in [0, 0.1) is 0 Å². The van der Waals surface area contributed by atoms with E-state index in [-0.39, 0.29) is 0 Å². The minimum absolute atomic E-state index is 0.303. The first kappa shape index (κ1) is 8.07. The van der Waals surface area contributed by atoms with Crippen LogP contribution in [0.25, 0.3) is 0 Å². The Morgan fingerprint density at radius 1 is 1.82 bits per heavy atom. The van der Waals surface area contributed by atoms with Crippen LogP contribution in [0.1, 0.15) is 13.3 Å². The second-order valence-corrected chi connectivity index (χ2v) is 2.38. The third-order valence-electron chi connectivity index (χ3n) is 1.46. The lowest BCUT2D eigenvalue weighted by molar-refractivity contribution is 0.342. The largest absolute Gasteiger partial charge is 0.507 e.